The first-order chi connectivity index (χ1) is 20.2. The van der Waals surface area contributed by atoms with E-state index in [-0.39, 0.29) is 11.9 Å². The molecule has 2 aromatic carbocycles. The van der Waals surface area contributed by atoms with Crippen LogP contribution < -0.4 is 5.32 Å². The van der Waals surface area contributed by atoms with Crippen LogP contribution in [0.2, 0.25) is 0 Å². The van der Waals surface area contributed by atoms with Gasteiger partial charge in [0.05, 0.1) is 18.1 Å². The average Bonchev–Trinajstić information content (AvgIpc) is 3.97. The second-order valence-corrected chi connectivity index (χ2v) is 13.0. The topological polar surface area (TPSA) is 53.4 Å². The Bertz CT molecular complexity index is 1280. The predicted molar refractivity (Wildman–Crippen MR) is 164 cm³/mol. The van der Waals surface area contributed by atoms with Crippen molar-refractivity contribution >= 4 is 5.91 Å². The van der Waals surface area contributed by atoms with Crippen LogP contribution >= 0.6 is 0 Å². The van der Waals surface area contributed by atoms with Crippen LogP contribution in [0.1, 0.15) is 73.5 Å². The first-order valence-corrected chi connectivity index (χ1v) is 16.2. The van der Waals surface area contributed by atoms with Crippen LogP contribution in [0.3, 0.4) is 0 Å². The maximum Gasteiger partial charge on any atom is 0.275 e. The van der Waals surface area contributed by atoms with Crippen LogP contribution in [0.15, 0.2) is 67.0 Å². The molecule has 1 amide bonds. The Kier molecular flexibility index (Phi) is 7.95. The minimum Gasteiger partial charge on any atom is -0.331 e. The molecule has 216 valence electrons. The lowest BCUT2D eigenvalue weighted by Gasteiger charge is -2.41. The molecule has 3 atom stereocenters. The summed E-state index contributed by atoms with van der Waals surface area (Å²) in [5.74, 6) is 1.85. The van der Waals surface area contributed by atoms with Gasteiger partial charge in [-0.15, -0.1) is 0 Å². The number of hydrogen-bond acceptors (Lipinski definition) is 4. The number of benzene rings is 2. The fourth-order valence-corrected chi connectivity index (χ4v) is 7.34. The standard InChI is InChI=1S/C35H45N5O/c41-35(39-20-19-36-22-30(39)21-26-9-3-1-4-10-26)33-34(29-11-5-2-6-12-29)40(25-37-33)32-14-8-7-13-31(32)38(23-27-15-16-27)24-28-17-18-28/h1-6,9-12,25,27-28,30-32,36H,7-8,13-24H2/t30-,31-,32+/m1/s1. The predicted octanol–water partition coefficient (Wildman–Crippen LogP) is 5.81. The molecule has 0 unspecified atom stereocenters. The van der Waals surface area contributed by atoms with E-state index in [1.165, 1.54) is 63.6 Å². The minimum absolute atomic E-state index is 0.0743. The van der Waals surface area contributed by atoms with E-state index in [1.807, 2.05) is 6.33 Å². The highest BCUT2D eigenvalue weighted by Crippen LogP contribution is 2.41. The Hall–Kier alpha value is -2.96. The Morgan fingerprint density at radius 1 is 0.878 bits per heavy atom. The fraction of sp³-hybridized carbons (Fsp3) is 0.543. The van der Waals surface area contributed by atoms with Gasteiger partial charge in [0.2, 0.25) is 0 Å². The molecular weight excluding hydrogens is 506 g/mol. The van der Waals surface area contributed by atoms with Crippen molar-refractivity contribution in [1.29, 1.82) is 0 Å². The average molecular weight is 552 g/mol. The first kappa shape index (κ1) is 26.9. The van der Waals surface area contributed by atoms with Crippen molar-refractivity contribution in [2.45, 2.75) is 75.9 Å². The van der Waals surface area contributed by atoms with Crippen molar-refractivity contribution in [2.24, 2.45) is 11.8 Å². The number of nitrogens with one attached hydrogen (secondary N) is 1. The summed E-state index contributed by atoms with van der Waals surface area (Å²) in [7, 11) is 0. The lowest BCUT2D eigenvalue weighted by atomic mass is 9.88. The number of carbonyl (C=O) groups is 1. The first-order valence-electron chi connectivity index (χ1n) is 16.2. The van der Waals surface area contributed by atoms with Gasteiger partial charge in [-0.3, -0.25) is 9.69 Å². The lowest BCUT2D eigenvalue weighted by Crippen LogP contribution is -2.54. The largest absolute Gasteiger partial charge is 0.331 e. The summed E-state index contributed by atoms with van der Waals surface area (Å²) in [6.07, 6.45) is 13.4. The molecule has 0 radical (unpaired) electrons. The van der Waals surface area contributed by atoms with Gasteiger partial charge >= 0.3 is 0 Å². The highest BCUT2D eigenvalue weighted by molar-refractivity contribution is 5.98. The summed E-state index contributed by atoms with van der Waals surface area (Å²) in [4.78, 5) is 24.3. The molecule has 1 aromatic heterocycles. The zero-order valence-electron chi connectivity index (χ0n) is 24.3. The van der Waals surface area contributed by atoms with E-state index in [4.69, 9.17) is 4.98 Å². The minimum atomic E-state index is 0.0743. The number of aromatic nitrogens is 2. The van der Waals surface area contributed by atoms with Crippen LogP contribution in [0.25, 0.3) is 11.3 Å². The van der Waals surface area contributed by atoms with Crippen LogP contribution in [0, 0.1) is 11.8 Å². The number of rotatable bonds is 10. The quantitative estimate of drug-likeness (QED) is 0.345. The number of piperazine rings is 1. The molecule has 41 heavy (non-hydrogen) atoms. The molecule has 1 saturated heterocycles. The van der Waals surface area contributed by atoms with Crippen molar-refractivity contribution in [2.75, 3.05) is 32.7 Å². The van der Waals surface area contributed by atoms with Crippen LogP contribution in [0.5, 0.6) is 0 Å². The molecule has 4 fully saturated rings. The number of hydrogen-bond donors (Lipinski definition) is 1. The molecule has 4 aliphatic rings. The van der Waals surface area contributed by atoms with E-state index in [9.17, 15) is 4.79 Å². The van der Waals surface area contributed by atoms with Gasteiger partial charge in [0, 0.05) is 50.4 Å². The third kappa shape index (κ3) is 6.14. The molecule has 1 aliphatic heterocycles. The van der Waals surface area contributed by atoms with Gasteiger partial charge in [-0.05, 0) is 62.3 Å². The van der Waals surface area contributed by atoms with Gasteiger partial charge < -0.3 is 14.8 Å². The third-order valence-corrected chi connectivity index (χ3v) is 9.87. The van der Waals surface area contributed by atoms with E-state index in [0.29, 0.717) is 24.3 Å². The highest BCUT2D eigenvalue weighted by Gasteiger charge is 2.39. The Morgan fingerprint density at radius 3 is 2.27 bits per heavy atom. The van der Waals surface area contributed by atoms with E-state index in [1.54, 1.807) is 0 Å². The summed E-state index contributed by atoms with van der Waals surface area (Å²) >= 11 is 0. The summed E-state index contributed by atoms with van der Waals surface area (Å²) in [6, 6.07) is 22.1. The molecule has 3 saturated carbocycles. The molecule has 6 nitrogen and oxygen atoms in total. The van der Waals surface area contributed by atoms with Crippen molar-refractivity contribution in [1.82, 2.24) is 24.7 Å². The lowest BCUT2D eigenvalue weighted by molar-refractivity contribution is 0.0631. The van der Waals surface area contributed by atoms with E-state index in [0.717, 1.165) is 49.0 Å². The third-order valence-electron chi connectivity index (χ3n) is 9.87. The Labute approximate surface area is 245 Å². The molecule has 0 bridgehead atoms. The zero-order valence-corrected chi connectivity index (χ0v) is 24.3. The molecule has 1 N–H and O–H groups in total. The van der Waals surface area contributed by atoms with Gasteiger partial charge in [-0.2, -0.15) is 0 Å². The molecule has 2 heterocycles. The summed E-state index contributed by atoms with van der Waals surface area (Å²) in [5, 5.41) is 3.53. The number of amides is 1. The normalized spacial score (nSPS) is 25.0. The van der Waals surface area contributed by atoms with E-state index >= 15 is 0 Å². The van der Waals surface area contributed by atoms with Crippen molar-refractivity contribution in [3.8, 4) is 11.3 Å². The molecule has 6 heteroatoms. The van der Waals surface area contributed by atoms with Crippen molar-refractivity contribution < 1.29 is 4.79 Å². The molecule has 3 aromatic rings. The van der Waals surface area contributed by atoms with Gasteiger partial charge in [0.15, 0.2) is 5.69 Å². The Morgan fingerprint density at radius 2 is 1.56 bits per heavy atom. The number of imidazole rings is 1. The van der Waals surface area contributed by atoms with Crippen LogP contribution in [0.4, 0.5) is 0 Å². The second kappa shape index (κ2) is 12.1. The molecule has 3 aliphatic carbocycles. The smallest absolute Gasteiger partial charge is 0.275 e. The second-order valence-electron chi connectivity index (χ2n) is 13.0. The number of nitrogens with zero attached hydrogens (tertiary/aromatic N) is 4. The van der Waals surface area contributed by atoms with Crippen LogP contribution in [-0.4, -0.2) is 70.1 Å². The Balaban J connectivity index is 1.22. The SMILES string of the molecule is O=C(c1ncn([C@H]2CCCC[C@H]2N(CC2CC2)CC2CC2)c1-c1ccccc1)N1CCNC[C@H]1Cc1ccccc1. The maximum atomic E-state index is 14.4. The summed E-state index contributed by atoms with van der Waals surface area (Å²) in [5.41, 5.74) is 4.01. The number of carbonyl (C=O) groups excluding carboxylic acids is 1. The molecular formula is C35H45N5O. The molecule has 0 spiro atoms. The monoisotopic (exact) mass is 551 g/mol. The van der Waals surface area contributed by atoms with Gasteiger partial charge in [0.25, 0.3) is 5.91 Å². The zero-order chi connectivity index (χ0) is 27.6. The fourth-order valence-electron chi connectivity index (χ4n) is 7.34. The summed E-state index contributed by atoms with van der Waals surface area (Å²) in [6.45, 7) is 4.84. The highest BCUT2D eigenvalue weighted by atomic mass is 16.2. The van der Waals surface area contributed by atoms with Crippen molar-refractivity contribution in [3.05, 3.63) is 78.2 Å². The van der Waals surface area contributed by atoms with Gasteiger partial charge in [-0.25, -0.2) is 4.98 Å². The maximum absolute atomic E-state index is 14.4. The van der Waals surface area contributed by atoms with E-state index in [2.05, 4.69) is 80.3 Å². The van der Waals surface area contributed by atoms with Crippen LogP contribution in [-0.2, 0) is 6.42 Å². The summed E-state index contributed by atoms with van der Waals surface area (Å²) < 4.78 is 2.42. The van der Waals surface area contributed by atoms with Crippen molar-refractivity contribution in [3.63, 3.8) is 0 Å². The van der Waals surface area contributed by atoms with E-state index < -0.39 is 0 Å². The van der Waals surface area contributed by atoms with Gasteiger partial charge in [0.1, 0.15) is 0 Å². The van der Waals surface area contributed by atoms with Gasteiger partial charge in [-0.1, -0.05) is 73.5 Å². The molecule has 7 rings (SSSR count).